The Bertz CT molecular complexity index is 972. The summed E-state index contributed by atoms with van der Waals surface area (Å²) in [6.07, 6.45) is -0.831. The van der Waals surface area contributed by atoms with Gasteiger partial charge in [-0.05, 0) is 49.4 Å². The molecule has 3 aromatic rings. The van der Waals surface area contributed by atoms with Crippen molar-refractivity contribution in [3.63, 3.8) is 0 Å². The monoisotopic (exact) mass is 413 g/mol. The highest BCUT2D eigenvalue weighted by atomic mass is 35.5. The fourth-order valence-electron chi connectivity index (χ4n) is 3.09. The minimum Gasteiger partial charge on any atom is -0.474 e. The maximum atomic E-state index is 12.7. The van der Waals surface area contributed by atoms with E-state index < -0.39 is 12.0 Å². The van der Waals surface area contributed by atoms with Crippen molar-refractivity contribution in [1.29, 1.82) is 0 Å². The maximum Gasteiger partial charge on any atom is 0.451 e. The maximum absolute atomic E-state index is 12.7. The third kappa shape index (κ3) is 4.08. The Labute approximate surface area is 162 Å². The average Bonchev–Trinajstić information content (AvgIpc) is 3.04. The summed E-state index contributed by atoms with van der Waals surface area (Å²) in [5.74, 6) is -0.619. The number of aromatic nitrogens is 6. The Morgan fingerprint density at radius 1 is 1.11 bits per heavy atom. The van der Waals surface area contributed by atoms with Crippen LogP contribution in [0.25, 0.3) is 5.65 Å². The van der Waals surface area contributed by atoms with Crippen LogP contribution in [-0.4, -0.2) is 41.9 Å². The largest absolute Gasteiger partial charge is 0.474 e. The third-order valence-electron chi connectivity index (χ3n) is 4.42. The van der Waals surface area contributed by atoms with Crippen LogP contribution in [0.15, 0.2) is 24.4 Å². The Morgan fingerprint density at radius 3 is 2.64 bits per heavy atom. The van der Waals surface area contributed by atoms with E-state index in [1.54, 1.807) is 12.1 Å². The Morgan fingerprint density at radius 2 is 1.89 bits per heavy atom. The second-order valence-corrected chi connectivity index (χ2v) is 6.75. The van der Waals surface area contributed by atoms with Crippen molar-refractivity contribution in [3.05, 3.63) is 35.5 Å². The summed E-state index contributed by atoms with van der Waals surface area (Å²) in [5.41, 5.74) is 0.552. The SMILES string of the molecule is FC(F)(F)c1nccc(OC2CCC(Nc3ccc4nnc(Cl)n4n3)CC2)n1. The summed E-state index contributed by atoms with van der Waals surface area (Å²) in [5, 5.41) is 15.5. The molecule has 0 spiro atoms. The van der Waals surface area contributed by atoms with Gasteiger partial charge in [-0.2, -0.15) is 22.7 Å². The van der Waals surface area contributed by atoms with E-state index in [1.807, 2.05) is 0 Å². The molecule has 0 saturated heterocycles. The van der Waals surface area contributed by atoms with Gasteiger partial charge in [-0.25, -0.2) is 4.98 Å². The van der Waals surface area contributed by atoms with Gasteiger partial charge < -0.3 is 10.1 Å². The summed E-state index contributed by atoms with van der Waals surface area (Å²) in [7, 11) is 0. The van der Waals surface area contributed by atoms with Crippen LogP contribution in [0.1, 0.15) is 31.5 Å². The number of hydrogen-bond acceptors (Lipinski definition) is 7. The van der Waals surface area contributed by atoms with Gasteiger partial charge >= 0.3 is 6.18 Å². The summed E-state index contributed by atoms with van der Waals surface area (Å²) >= 11 is 5.92. The number of hydrogen-bond donors (Lipinski definition) is 1. The van der Waals surface area contributed by atoms with Crippen LogP contribution in [0.2, 0.25) is 5.28 Å². The van der Waals surface area contributed by atoms with Gasteiger partial charge in [-0.3, -0.25) is 0 Å². The average molecular weight is 414 g/mol. The van der Waals surface area contributed by atoms with Crippen molar-refractivity contribution in [2.24, 2.45) is 0 Å². The molecule has 148 valence electrons. The molecule has 0 unspecified atom stereocenters. The van der Waals surface area contributed by atoms with Gasteiger partial charge in [0.1, 0.15) is 11.9 Å². The molecular formula is C16H15ClF3N7O. The third-order valence-corrected chi connectivity index (χ3v) is 4.66. The summed E-state index contributed by atoms with van der Waals surface area (Å²) < 4.78 is 45.1. The molecule has 0 aromatic carbocycles. The van der Waals surface area contributed by atoms with Crippen LogP contribution in [-0.2, 0) is 6.18 Å². The second-order valence-electron chi connectivity index (χ2n) is 6.41. The molecule has 0 atom stereocenters. The fraction of sp³-hybridized carbons (Fsp3) is 0.438. The molecule has 12 heteroatoms. The lowest BCUT2D eigenvalue weighted by atomic mass is 9.93. The summed E-state index contributed by atoms with van der Waals surface area (Å²) in [6, 6.07) is 5.05. The van der Waals surface area contributed by atoms with Crippen molar-refractivity contribution in [3.8, 4) is 5.88 Å². The standard InChI is InChI=1S/C16H15ClF3N7O/c17-15-25-24-12-6-5-11(26-27(12)15)22-9-1-3-10(4-2-9)28-13-7-8-21-14(23-13)16(18,19)20/h5-10H,1-4H2,(H,22,26). The zero-order chi connectivity index (χ0) is 19.7. The normalized spacial score (nSPS) is 20.3. The number of anilines is 1. The Kier molecular flexibility index (Phi) is 4.92. The minimum atomic E-state index is -4.59. The Balaban J connectivity index is 1.33. The molecule has 1 N–H and O–H groups in total. The fourth-order valence-corrected chi connectivity index (χ4v) is 3.25. The molecule has 28 heavy (non-hydrogen) atoms. The van der Waals surface area contributed by atoms with Crippen molar-refractivity contribution in [1.82, 2.24) is 29.8 Å². The van der Waals surface area contributed by atoms with E-state index in [9.17, 15) is 13.2 Å². The summed E-state index contributed by atoms with van der Waals surface area (Å²) in [4.78, 5) is 6.68. The number of halogens is 4. The van der Waals surface area contributed by atoms with E-state index >= 15 is 0 Å². The lowest BCUT2D eigenvalue weighted by Crippen LogP contribution is -2.32. The van der Waals surface area contributed by atoms with E-state index in [0.29, 0.717) is 24.3 Å². The molecule has 1 aliphatic carbocycles. The van der Waals surface area contributed by atoms with Crippen LogP contribution in [0.3, 0.4) is 0 Å². The number of alkyl halides is 3. The molecule has 4 rings (SSSR count). The van der Waals surface area contributed by atoms with E-state index in [-0.39, 0.29) is 23.3 Å². The molecule has 8 nitrogen and oxygen atoms in total. The van der Waals surface area contributed by atoms with Crippen molar-refractivity contribution >= 4 is 23.1 Å². The number of nitrogens with zero attached hydrogens (tertiary/aromatic N) is 6. The molecule has 1 aliphatic rings. The highest BCUT2D eigenvalue weighted by molar-refractivity contribution is 6.28. The first-order valence-corrected chi connectivity index (χ1v) is 8.98. The predicted octanol–water partition coefficient (Wildman–Crippen LogP) is 3.39. The first kappa shape index (κ1) is 18.7. The van der Waals surface area contributed by atoms with E-state index in [0.717, 1.165) is 19.0 Å². The van der Waals surface area contributed by atoms with E-state index in [2.05, 4.69) is 30.6 Å². The number of ether oxygens (including phenoxy) is 1. The molecule has 1 saturated carbocycles. The predicted molar refractivity (Wildman–Crippen MR) is 93.1 cm³/mol. The topological polar surface area (TPSA) is 90.1 Å². The molecule has 0 aliphatic heterocycles. The zero-order valence-corrected chi connectivity index (χ0v) is 15.2. The van der Waals surface area contributed by atoms with Gasteiger partial charge in [0.15, 0.2) is 5.65 Å². The molecule has 0 amide bonds. The van der Waals surface area contributed by atoms with Crippen molar-refractivity contribution in [2.45, 2.75) is 44.0 Å². The van der Waals surface area contributed by atoms with E-state index in [4.69, 9.17) is 16.3 Å². The van der Waals surface area contributed by atoms with Crippen LogP contribution in [0, 0.1) is 0 Å². The van der Waals surface area contributed by atoms with Gasteiger partial charge in [0, 0.05) is 18.3 Å². The molecule has 1 fully saturated rings. The molecule has 3 heterocycles. The van der Waals surface area contributed by atoms with E-state index in [1.165, 1.54) is 10.6 Å². The van der Waals surface area contributed by atoms with Crippen molar-refractivity contribution in [2.75, 3.05) is 5.32 Å². The first-order chi connectivity index (χ1) is 13.4. The van der Waals surface area contributed by atoms with Crippen LogP contribution < -0.4 is 10.1 Å². The van der Waals surface area contributed by atoms with Gasteiger partial charge in [-0.15, -0.1) is 15.3 Å². The minimum absolute atomic E-state index is 0.0619. The highest BCUT2D eigenvalue weighted by Crippen LogP contribution is 2.29. The van der Waals surface area contributed by atoms with Crippen LogP contribution in [0.5, 0.6) is 5.88 Å². The number of fused-ring (bicyclic) bond motifs is 1. The van der Waals surface area contributed by atoms with Crippen molar-refractivity contribution < 1.29 is 17.9 Å². The lowest BCUT2D eigenvalue weighted by molar-refractivity contribution is -0.145. The van der Waals surface area contributed by atoms with Gasteiger partial charge in [0.25, 0.3) is 0 Å². The smallest absolute Gasteiger partial charge is 0.451 e. The zero-order valence-electron chi connectivity index (χ0n) is 14.4. The quantitative estimate of drug-likeness (QED) is 0.701. The number of nitrogens with one attached hydrogen (secondary N) is 1. The molecule has 0 radical (unpaired) electrons. The molecule has 3 aromatic heterocycles. The van der Waals surface area contributed by atoms with Gasteiger partial charge in [-0.1, -0.05) is 0 Å². The lowest BCUT2D eigenvalue weighted by Gasteiger charge is -2.29. The molecule has 0 bridgehead atoms. The first-order valence-electron chi connectivity index (χ1n) is 8.60. The van der Waals surface area contributed by atoms with Crippen LogP contribution >= 0.6 is 11.6 Å². The van der Waals surface area contributed by atoms with Crippen LogP contribution in [0.4, 0.5) is 19.0 Å². The Hall–Kier alpha value is -2.69. The van der Waals surface area contributed by atoms with Gasteiger partial charge in [0.05, 0.1) is 0 Å². The second kappa shape index (κ2) is 7.38. The van der Waals surface area contributed by atoms with Gasteiger partial charge in [0.2, 0.25) is 17.0 Å². The highest BCUT2D eigenvalue weighted by Gasteiger charge is 2.35. The molecular weight excluding hydrogens is 399 g/mol. The summed E-state index contributed by atoms with van der Waals surface area (Å²) in [6.45, 7) is 0. The number of rotatable bonds is 4.